The molecule has 6 nitrogen and oxygen atoms in total. The quantitative estimate of drug-likeness (QED) is 0.397. The van der Waals surface area contributed by atoms with Crippen LogP contribution in [0.1, 0.15) is 24.4 Å². The van der Waals surface area contributed by atoms with E-state index in [-0.39, 0.29) is 11.7 Å². The number of benzene rings is 3. The van der Waals surface area contributed by atoms with E-state index in [0.717, 1.165) is 67.8 Å². The van der Waals surface area contributed by atoms with Crippen LogP contribution in [0.5, 0.6) is 0 Å². The Balaban J connectivity index is 1.18. The topological polar surface area (TPSA) is 56.3 Å². The number of nitrogens with zero attached hydrogens (tertiary/aromatic N) is 3. The number of aromatic nitrogens is 2. The SMILES string of the molecule is CN(C)CCNc1cc[c]c(-c2ccc(CN3CCC(n4c(=O)[nH]c5ccccc54)CC3)cc2)c1. The second kappa shape index (κ2) is 10.5. The predicted molar refractivity (Wildman–Crippen MR) is 144 cm³/mol. The molecule has 0 aliphatic carbocycles. The van der Waals surface area contributed by atoms with E-state index in [4.69, 9.17) is 0 Å². The van der Waals surface area contributed by atoms with Gasteiger partial charge in [-0.3, -0.25) is 9.47 Å². The van der Waals surface area contributed by atoms with Crippen molar-refractivity contribution in [3.05, 3.63) is 88.8 Å². The smallest absolute Gasteiger partial charge is 0.326 e. The van der Waals surface area contributed by atoms with E-state index in [0.29, 0.717) is 0 Å². The summed E-state index contributed by atoms with van der Waals surface area (Å²) in [5, 5.41) is 3.49. The molecule has 3 aromatic carbocycles. The van der Waals surface area contributed by atoms with Crippen LogP contribution < -0.4 is 11.0 Å². The third kappa shape index (κ3) is 5.50. The normalized spacial score (nSPS) is 15.2. The number of likely N-dealkylation sites (tertiary alicyclic amines) is 1. The molecule has 2 heterocycles. The fraction of sp³-hybridized carbons (Fsp3) is 0.345. The Labute approximate surface area is 207 Å². The number of hydrogen-bond donors (Lipinski definition) is 2. The van der Waals surface area contributed by atoms with Crippen molar-refractivity contribution in [2.24, 2.45) is 0 Å². The van der Waals surface area contributed by atoms with Gasteiger partial charge in [-0.1, -0.05) is 42.5 Å². The Kier molecular flexibility index (Phi) is 7.02. The fourth-order valence-corrected chi connectivity index (χ4v) is 4.99. The minimum absolute atomic E-state index is 0.00835. The van der Waals surface area contributed by atoms with Gasteiger partial charge >= 0.3 is 5.69 Å². The van der Waals surface area contributed by atoms with E-state index in [1.807, 2.05) is 34.9 Å². The molecule has 1 radical (unpaired) electrons. The van der Waals surface area contributed by atoms with Crippen LogP contribution in [0.15, 0.2) is 71.5 Å². The molecule has 0 bridgehead atoms. The average molecular weight is 469 g/mol. The molecule has 1 saturated heterocycles. The summed E-state index contributed by atoms with van der Waals surface area (Å²) in [7, 11) is 4.17. The molecule has 0 saturated carbocycles. The zero-order chi connectivity index (χ0) is 24.2. The van der Waals surface area contributed by atoms with Gasteiger partial charge in [0.25, 0.3) is 0 Å². The number of aromatic amines is 1. The molecule has 1 aliphatic rings. The van der Waals surface area contributed by atoms with Crippen LogP contribution in [0.25, 0.3) is 22.2 Å². The van der Waals surface area contributed by atoms with Crippen molar-refractivity contribution < 1.29 is 0 Å². The summed E-state index contributed by atoms with van der Waals surface area (Å²) in [6.07, 6.45) is 1.98. The third-order valence-corrected chi connectivity index (χ3v) is 6.91. The van der Waals surface area contributed by atoms with Crippen LogP contribution in [0.4, 0.5) is 5.69 Å². The number of fused-ring (bicyclic) bond motifs is 1. The molecule has 181 valence electrons. The average Bonchev–Trinajstić information content (AvgIpc) is 3.21. The highest BCUT2D eigenvalue weighted by Crippen LogP contribution is 2.27. The first-order chi connectivity index (χ1) is 17.1. The molecule has 1 aromatic heterocycles. The number of anilines is 1. The van der Waals surface area contributed by atoms with Gasteiger partial charge in [-0.2, -0.15) is 0 Å². The van der Waals surface area contributed by atoms with E-state index in [1.165, 1.54) is 11.1 Å². The lowest BCUT2D eigenvalue weighted by Crippen LogP contribution is -2.36. The Morgan fingerprint density at radius 2 is 1.83 bits per heavy atom. The van der Waals surface area contributed by atoms with Crippen LogP contribution in [-0.2, 0) is 6.54 Å². The monoisotopic (exact) mass is 468 g/mol. The van der Waals surface area contributed by atoms with Gasteiger partial charge in [0, 0.05) is 44.5 Å². The number of imidazole rings is 1. The first kappa shape index (κ1) is 23.4. The van der Waals surface area contributed by atoms with Gasteiger partial charge < -0.3 is 15.2 Å². The highest BCUT2D eigenvalue weighted by Gasteiger charge is 2.23. The maximum absolute atomic E-state index is 12.5. The number of likely N-dealkylation sites (N-methyl/N-ethyl adjacent to an activating group) is 1. The van der Waals surface area contributed by atoms with Crippen molar-refractivity contribution in [2.45, 2.75) is 25.4 Å². The Morgan fingerprint density at radius 1 is 1.06 bits per heavy atom. The molecule has 0 amide bonds. The number of rotatable bonds is 8. The summed E-state index contributed by atoms with van der Waals surface area (Å²) in [5.74, 6) is 0. The summed E-state index contributed by atoms with van der Waals surface area (Å²) in [6, 6.07) is 26.7. The van der Waals surface area contributed by atoms with E-state index < -0.39 is 0 Å². The minimum atomic E-state index is 0.00835. The zero-order valence-electron chi connectivity index (χ0n) is 20.6. The van der Waals surface area contributed by atoms with Gasteiger partial charge in [-0.25, -0.2) is 4.79 Å². The van der Waals surface area contributed by atoms with Crippen molar-refractivity contribution in [3.8, 4) is 11.1 Å². The highest BCUT2D eigenvalue weighted by atomic mass is 16.1. The molecular weight excluding hydrogens is 434 g/mol. The maximum Gasteiger partial charge on any atom is 0.326 e. The zero-order valence-corrected chi connectivity index (χ0v) is 20.6. The summed E-state index contributed by atoms with van der Waals surface area (Å²) in [4.78, 5) is 20.2. The fourth-order valence-electron chi connectivity index (χ4n) is 4.99. The van der Waals surface area contributed by atoms with Crippen LogP contribution in [0, 0.1) is 6.07 Å². The molecule has 2 N–H and O–H groups in total. The molecule has 1 aliphatic heterocycles. The Bertz CT molecular complexity index is 1310. The number of piperidine rings is 1. The minimum Gasteiger partial charge on any atom is -0.384 e. The molecule has 35 heavy (non-hydrogen) atoms. The van der Waals surface area contributed by atoms with Gasteiger partial charge in [-0.05, 0) is 74.0 Å². The highest BCUT2D eigenvalue weighted by molar-refractivity contribution is 5.75. The first-order valence-corrected chi connectivity index (χ1v) is 12.5. The maximum atomic E-state index is 12.5. The lowest BCUT2D eigenvalue weighted by atomic mass is 10.0. The van der Waals surface area contributed by atoms with E-state index in [1.54, 1.807) is 0 Å². The van der Waals surface area contributed by atoms with Gasteiger partial charge in [0.2, 0.25) is 0 Å². The summed E-state index contributed by atoms with van der Waals surface area (Å²) < 4.78 is 1.96. The Hall–Kier alpha value is -3.35. The standard InChI is InChI=1S/C29H34N5O/c1-32(2)19-16-30-25-7-5-6-24(20-25)23-12-10-22(11-13-23)21-33-17-14-26(15-18-33)34-28-9-4-3-8-27(28)31-29(34)35/h3-5,7-13,20,26,30H,14-19,21H2,1-2H3,(H,31,35). The molecule has 1 fully saturated rings. The second-order valence-corrected chi connectivity index (χ2v) is 9.74. The molecule has 6 heteroatoms. The molecule has 4 aromatic rings. The summed E-state index contributed by atoms with van der Waals surface area (Å²) in [5.41, 5.74) is 6.68. The van der Waals surface area contributed by atoms with Crippen LogP contribution in [0.3, 0.4) is 0 Å². The number of nitrogens with one attached hydrogen (secondary N) is 2. The largest absolute Gasteiger partial charge is 0.384 e. The lowest BCUT2D eigenvalue weighted by molar-refractivity contribution is 0.180. The predicted octanol–water partition coefficient (Wildman–Crippen LogP) is 4.61. The van der Waals surface area contributed by atoms with E-state index >= 15 is 0 Å². The van der Waals surface area contributed by atoms with Crippen LogP contribution in [-0.4, -0.2) is 59.6 Å². The molecule has 0 spiro atoms. The van der Waals surface area contributed by atoms with Crippen molar-refractivity contribution in [1.29, 1.82) is 0 Å². The number of para-hydroxylation sites is 2. The molecule has 0 atom stereocenters. The second-order valence-electron chi connectivity index (χ2n) is 9.74. The van der Waals surface area contributed by atoms with Gasteiger partial charge in [-0.15, -0.1) is 0 Å². The first-order valence-electron chi connectivity index (χ1n) is 12.5. The summed E-state index contributed by atoms with van der Waals surface area (Å²) >= 11 is 0. The van der Waals surface area contributed by atoms with Crippen molar-refractivity contribution in [2.75, 3.05) is 45.6 Å². The number of H-pyrrole nitrogens is 1. The van der Waals surface area contributed by atoms with Gasteiger partial charge in [0.05, 0.1) is 11.0 Å². The third-order valence-electron chi connectivity index (χ3n) is 6.91. The van der Waals surface area contributed by atoms with Crippen molar-refractivity contribution >= 4 is 16.7 Å². The summed E-state index contributed by atoms with van der Waals surface area (Å²) in [6.45, 7) is 4.84. The lowest BCUT2D eigenvalue weighted by Gasteiger charge is -2.32. The van der Waals surface area contributed by atoms with Crippen LogP contribution >= 0.6 is 0 Å². The van der Waals surface area contributed by atoms with Gasteiger partial charge in [0.1, 0.15) is 0 Å². The van der Waals surface area contributed by atoms with E-state index in [9.17, 15) is 4.79 Å². The van der Waals surface area contributed by atoms with Crippen LogP contribution in [0.2, 0.25) is 0 Å². The molecule has 0 unspecified atom stereocenters. The van der Waals surface area contributed by atoms with Crippen molar-refractivity contribution in [3.63, 3.8) is 0 Å². The molecule has 5 rings (SSSR count). The van der Waals surface area contributed by atoms with E-state index in [2.05, 4.69) is 76.7 Å². The Morgan fingerprint density at radius 3 is 2.60 bits per heavy atom. The molecular formula is C29H34N5O. The van der Waals surface area contributed by atoms with Crippen molar-refractivity contribution in [1.82, 2.24) is 19.4 Å². The number of hydrogen-bond acceptors (Lipinski definition) is 4. The van der Waals surface area contributed by atoms with Gasteiger partial charge in [0.15, 0.2) is 0 Å².